The summed E-state index contributed by atoms with van der Waals surface area (Å²) in [5.41, 5.74) is 14.1. The van der Waals surface area contributed by atoms with Crippen molar-refractivity contribution in [3.05, 3.63) is 18.2 Å². The third kappa shape index (κ3) is 2.47. The number of anilines is 3. The minimum Gasteiger partial charge on any atom is -0.397 e. The molecule has 4 heteroatoms. The second kappa shape index (κ2) is 4.84. The van der Waals surface area contributed by atoms with Gasteiger partial charge in [0.15, 0.2) is 0 Å². The highest BCUT2D eigenvalue weighted by molar-refractivity contribution is 5.70. The number of hydrogen-bond donors (Lipinski definition) is 2. The smallest absolute Gasteiger partial charge is 0.0568 e. The SMILES string of the molecule is CCC1CN(c2ccc(N)c(N)c2)CCN1C. The first-order valence-electron chi connectivity index (χ1n) is 6.22. The first-order chi connectivity index (χ1) is 8.11. The highest BCUT2D eigenvalue weighted by atomic mass is 15.3. The standard InChI is InChI=1S/C13H22N4/c1-3-10-9-17(7-6-16(10)2)11-4-5-12(14)13(15)8-11/h4-5,8,10H,3,6-7,9,14-15H2,1-2H3. The summed E-state index contributed by atoms with van der Waals surface area (Å²) in [7, 11) is 2.20. The molecule has 1 saturated heterocycles. The molecule has 1 heterocycles. The molecular weight excluding hydrogens is 212 g/mol. The molecule has 1 unspecified atom stereocenters. The third-order valence-corrected chi connectivity index (χ3v) is 3.68. The molecule has 0 bridgehead atoms. The average Bonchev–Trinajstić information content (AvgIpc) is 2.33. The van der Waals surface area contributed by atoms with Crippen molar-refractivity contribution < 1.29 is 0 Å². The Balaban J connectivity index is 2.14. The molecule has 17 heavy (non-hydrogen) atoms. The van der Waals surface area contributed by atoms with Crippen LogP contribution in [-0.2, 0) is 0 Å². The lowest BCUT2D eigenvalue weighted by Gasteiger charge is -2.40. The molecular formula is C13H22N4. The van der Waals surface area contributed by atoms with E-state index in [0.717, 1.165) is 19.6 Å². The first-order valence-corrected chi connectivity index (χ1v) is 6.22. The minimum absolute atomic E-state index is 0.627. The van der Waals surface area contributed by atoms with Gasteiger partial charge in [0.2, 0.25) is 0 Å². The predicted molar refractivity (Wildman–Crippen MR) is 74.2 cm³/mol. The number of rotatable bonds is 2. The van der Waals surface area contributed by atoms with Gasteiger partial charge in [0.1, 0.15) is 0 Å². The Bertz CT molecular complexity index is 391. The van der Waals surface area contributed by atoms with Crippen LogP contribution in [0.3, 0.4) is 0 Å². The molecule has 1 aliphatic heterocycles. The molecule has 0 spiro atoms. The van der Waals surface area contributed by atoms with E-state index in [1.807, 2.05) is 12.1 Å². The van der Waals surface area contributed by atoms with Crippen molar-refractivity contribution in [3.63, 3.8) is 0 Å². The van der Waals surface area contributed by atoms with Crippen molar-refractivity contribution in [1.29, 1.82) is 0 Å². The number of nitrogens with zero attached hydrogens (tertiary/aromatic N) is 2. The van der Waals surface area contributed by atoms with Crippen LogP contribution in [-0.4, -0.2) is 37.6 Å². The summed E-state index contributed by atoms with van der Waals surface area (Å²) >= 11 is 0. The van der Waals surface area contributed by atoms with E-state index in [-0.39, 0.29) is 0 Å². The molecule has 0 saturated carbocycles. The van der Waals surface area contributed by atoms with Gasteiger partial charge in [-0.25, -0.2) is 0 Å². The fourth-order valence-electron chi connectivity index (χ4n) is 2.38. The van der Waals surface area contributed by atoms with Crippen molar-refractivity contribution in [2.45, 2.75) is 19.4 Å². The van der Waals surface area contributed by atoms with Gasteiger partial charge in [-0.15, -0.1) is 0 Å². The maximum absolute atomic E-state index is 5.86. The fourth-order valence-corrected chi connectivity index (χ4v) is 2.38. The quantitative estimate of drug-likeness (QED) is 0.759. The second-order valence-electron chi connectivity index (χ2n) is 4.80. The summed E-state index contributed by atoms with van der Waals surface area (Å²) in [5, 5.41) is 0. The topological polar surface area (TPSA) is 58.5 Å². The van der Waals surface area contributed by atoms with Gasteiger partial charge < -0.3 is 16.4 Å². The van der Waals surface area contributed by atoms with Crippen LogP contribution in [0.15, 0.2) is 18.2 Å². The van der Waals surface area contributed by atoms with Crippen LogP contribution in [0.5, 0.6) is 0 Å². The summed E-state index contributed by atoms with van der Waals surface area (Å²) in [6, 6.07) is 6.56. The third-order valence-electron chi connectivity index (χ3n) is 3.68. The van der Waals surface area contributed by atoms with E-state index in [1.165, 1.54) is 12.1 Å². The van der Waals surface area contributed by atoms with Crippen LogP contribution in [0.1, 0.15) is 13.3 Å². The molecule has 1 aromatic rings. The van der Waals surface area contributed by atoms with E-state index in [2.05, 4.69) is 29.8 Å². The van der Waals surface area contributed by atoms with E-state index < -0.39 is 0 Å². The summed E-state index contributed by atoms with van der Waals surface area (Å²) in [6.45, 7) is 5.46. The van der Waals surface area contributed by atoms with Crippen molar-refractivity contribution in [3.8, 4) is 0 Å². The fraction of sp³-hybridized carbons (Fsp3) is 0.538. The van der Waals surface area contributed by atoms with E-state index >= 15 is 0 Å². The summed E-state index contributed by atoms with van der Waals surface area (Å²) in [5.74, 6) is 0. The summed E-state index contributed by atoms with van der Waals surface area (Å²) in [6.07, 6.45) is 1.18. The zero-order chi connectivity index (χ0) is 12.4. The highest BCUT2D eigenvalue weighted by Gasteiger charge is 2.23. The lowest BCUT2D eigenvalue weighted by molar-refractivity contribution is 0.213. The lowest BCUT2D eigenvalue weighted by atomic mass is 10.1. The average molecular weight is 234 g/mol. The second-order valence-corrected chi connectivity index (χ2v) is 4.80. The number of likely N-dealkylation sites (N-methyl/N-ethyl adjacent to an activating group) is 1. The summed E-state index contributed by atoms with van der Waals surface area (Å²) < 4.78 is 0. The Morgan fingerprint density at radius 3 is 2.65 bits per heavy atom. The highest BCUT2D eigenvalue weighted by Crippen LogP contribution is 2.25. The maximum Gasteiger partial charge on any atom is 0.0568 e. The van der Waals surface area contributed by atoms with Crippen molar-refractivity contribution in [2.75, 3.05) is 43.0 Å². The Kier molecular flexibility index (Phi) is 3.43. The van der Waals surface area contributed by atoms with Crippen molar-refractivity contribution in [1.82, 2.24) is 4.90 Å². The molecule has 4 nitrogen and oxygen atoms in total. The monoisotopic (exact) mass is 234 g/mol. The van der Waals surface area contributed by atoms with Gasteiger partial charge >= 0.3 is 0 Å². The normalized spacial score (nSPS) is 21.8. The van der Waals surface area contributed by atoms with Crippen molar-refractivity contribution >= 4 is 17.1 Å². The molecule has 1 aromatic carbocycles. The van der Waals surface area contributed by atoms with Gasteiger partial charge in [0.25, 0.3) is 0 Å². The molecule has 0 radical (unpaired) electrons. The minimum atomic E-state index is 0.627. The van der Waals surface area contributed by atoms with Gasteiger partial charge in [-0.05, 0) is 31.7 Å². The molecule has 94 valence electrons. The molecule has 1 atom stereocenters. The van der Waals surface area contributed by atoms with Crippen LogP contribution in [0.25, 0.3) is 0 Å². The van der Waals surface area contributed by atoms with Gasteiger partial charge in [-0.2, -0.15) is 0 Å². The van der Waals surface area contributed by atoms with E-state index in [9.17, 15) is 0 Å². The Labute approximate surface area is 103 Å². The van der Waals surface area contributed by atoms with E-state index in [0.29, 0.717) is 17.4 Å². The zero-order valence-corrected chi connectivity index (χ0v) is 10.7. The van der Waals surface area contributed by atoms with Gasteiger partial charge in [-0.1, -0.05) is 6.92 Å². The van der Waals surface area contributed by atoms with Gasteiger partial charge in [-0.3, -0.25) is 4.90 Å². The Morgan fingerprint density at radius 1 is 1.24 bits per heavy atom. The van der Waals surface area contributed by atoms with Crippen LogP contribution in [0.4, 0.5) is 17.1 Å². The maximum atomic E-state index is 5.86. The lowest BCUT2D eigenvalue weighted by Crippen LogP contribution is -2.51. The van der Waals surface area contributed by atoms with Gasteiger partial charge in [0.05, 0.1) is 11.4 Å². The molecule has 0 aromatic heterocycles. The Morgan fingerprint density at radius 2 is 2.00 bits per heavy atom. The molecule has 1 fully saturated rings. The summed E-state index contributed by atoms with van der Waals surface area (Å²) in [4.78, 5) is 4.82. The number of hydrogen-bond acceptors (Lipinski definition) is 4. The molecule has 1 aliphatic rings. The largest absolute Gasteiger partial charge is 0.397 e. The Hall–Kier alpha value is -1.42. The van der Waals surface area contributed by atoms with Crippen LogP contribution >= 0.6 is 0 Å². The molecule has 4 N–H and O–H groups in total. The predicted octanol–water partition coefficient (Wildman–Crippen LogP) is 1.38. The number of nitrogens with two attached hydrogens (primary N) is 2. The van der Waals surface area contributed by atoms with E-state index in [1.54, 1.807) is 0 Å². The number of piperazine rings is 1. The van der Waals surface area contributed by atoms with Gasteiger partial charge in [0, 0.05) is 31.4 Å². The van der Waals surface area contributed by atoms with Crippen LogP contribution in [0, 0.1) is 0 Å². The van der Waals surface area contributed by atoms with Crippen LogP contribution in [0.2, 0.25) is 0 Å². The molecule has 0 aliphatic carbocycles. The number of benzene rings is 1. The van der Waals surface area contributed by atoms with Crippen molar-refractivity contribution in [2.24, 2.45) is 0 Å². The van der Waals surface area contributed by atoms with E-state index in [4.69, 9.17) is 11.5 Å². The molecule has 0 amide bonds. The zero-order valence-electron chi connectivity index (χ0n) is 10.7. The molecule has 2 rings (SSSR count). The van der Waals surface area contributed by atoms with Crippen LogP contribution < -0.4 is 16.4 Å². The number of nitrogen functional groups attached to an aromatic ring is 2. The first kappa shape index (κ1) is 12.0.